The minimum absolute atomic E-state index is 0.261. The molecule has 1 unspecified atom stereocenters. The molecule has 1 aliphatic rings. The van der Waals surface area contributed by atoms with E-state index >= 15 is 0 Å². The van der Waals surface area contributed by atoms with E-state index in [2.05, 4.69) is 12.0 Å². The van der Waals surface area contributed by atoms with Crippen molar-refractivity contribution in [2.45, 2.75) is 31.7 Å². The molecule has 0 heterocycles. The zero-order chi connectivity index (χ0) is 7.40. The van der Waals surface area contributed by atoms with Crippen LogP contribution in [-0.2, 0) is 0 Å². The molecule has 2 N–H and O–H groups in total. The Morgan fingerprint density at radius 2 is 2.60 bits per heavy atom. The summed E-state index contributed by atoms with van der Waals surface area (Å²) in [5, 5.41) is 0. The summed E-state index contributed by atoms with van der Waals surface area (Å²) in [6, 6.07) is 0.261. The van der Waals surface area contributed by atoms with Crippen molar-refractivity contribution in [2.24, 2.45) is 5.73 Å². The van der Waals surface area contributed by atoms with Gasteiger partial charge in [-0.2, -0.15) is 0 Å². The van der Waals surface area contributed by atoms with Crippen LogP contribution < -0.4 is 5.73 Å². The zero-order valence-corrected chi connectivity index (χ0v) is 6.14. The normalized spacial score (nSPS) is 25.2. The lowest BCUT2D eigenvalue weighted by atomic mass is 9.95. The Labute approximate surface area is 62.3 Å². The van der Waals surface area contributed by atoms with Crippen LogP contribution in [0.4, 0.5) is 0 Å². The molecule has 1 atom stereocenters. The van der Waals surface area contributed by atoms with Crippen molar-refractivity contribution in [2.75, 3.05) is 0 Å². The van der Waals surface area contributed by atoms with Gasteiger partial charge in [-0.05, 0) is 19.3 Å². The van der Waals surface area contributed by atoms with E-state index in [4.69, 9.17) is 12.2 Å². The van der Waals surface area contributed by atoms with Gasteiger partial charge in [-0.3, -0.25) is 0 Å². The summed E-state index contributed by atoms with van der Waals surface area (Å²) in [7, 11) is 0. The highest BCUT2D eigenvalue weighted by Gasteiger charge is 2.07. The topological polar surface area (TPSA) is 26.0 Å². The predicted octanol–water partition coefficient (Wildman–Crippen LogP) is 1.45. The molecule has 54 valence electrons. The van der Waals surface area contributed by atoms with Crippen LogP contribution in [0.3, 0.4) is 0 Å². The first-order valence-electron chi connectivity index (χ1n) is 3.71. The van der Waals surface area contributed by atoms with Crippen molar-refractivity contribution in [1.29, 1.82) is 0 Å². The molecule has 0 aliphatic heterocycles. The van der Waals surface area contributed by atoms with Crippen molar-refractivity contribution in [3.63, 3.8) is 0 Å². The molecule has 0 bridgehead atoms. The van der Waals surface area contributed by atoms with Crippen LogP contribution in [0.1, 0.15) is 25.7 Å². The quantitative estimate of drug-likeness (QED) is 0.427. The second-order valence-electron chi connectivity index (χ2n) is 2.76. The fourth-order valence-electron chi connectivity index (χ4n) is 1.31. The maximum Gasteiger partial charge on any atom is 0.0297 e. The van der Waals surface area contributed by atoms with Gasteiger partial charge in [-0.25, -0.2) is 0 Å². The average Bonchev–Trinajstić information content (AvgIpc) is 1.88. The van der Waals surface area contributed by atoms with E-state index in [0.29, 0.717) is 0 Å². The summed E-state index contributed by atoms with van der Waals surface area (Å²) < 4.78 is 0. The van der Waals surface area contributed by atoms with Gasteiger partial charge >= 0.3 is 0 Å². The molecule has 0 aromatic carbocycles. The van der Waals surface area contributed by atoms with Gasteiger partial charge in [0.15, 0.2) is 0 Å². The lowest BCUT2D eigenvalue weighted by Crippen LogP contribution is -2.20. The van der Waals surface area contributed by atoms with Crippen molar-refractivity contribution in [3.05, 3.63) is 11.6 Å². The summed E-state index contributed by atoms with van der Waals surface area (Å²) in [5.74, 6) is 2.63. The average molecular weight is 135 g/mol. The van der Waals surface area contributed by atoms with E-state index in [9.17, 15) is 0 Å². The predicted molar refractivity (Wildman–Crippen MR) is 43.4 cm³/mol. The lowest BCUT2D eigenvalue weighted by molar-refractivity contribution is 0.620. The van der Waals surface area contributed by atoms with E-state index in [1.54, 1.807) is 0 Å². The molecule has 10 heavy (non-hydrogen) atoms. The number of allylic oxidation sites excluding steroid dienone is 1. The van der Waals surface area contributed by atoms with Crippen molar-refractivity contribution >= 4 is 0 Å². The zero-order valence-electron chi connectivity index (χ0n) is 6.14. The van der Waals surface area contributed by atoms with Gasteiger partial charge in [-0.1, -0.05) is 11.6 Å². The number of hydrogen-bond acceptors (Lipinski definition) is 1. The van der Waals surface area contributed by atoms with E-state index in [1.807, 2.05) is 0 Å². The molecule has 0 aromatic rings. The Morgan fingerprint density at radius 3 is 3.20 bits per heavy atom. The van der Waals surface area contributed by atoms with Crippen LogP contribution in [0.5, 0.6) is 0 Å². The van der Waals surface area contributed by atoms with Gasteiger partial charge in [-0.15, -0.1) is 12.3 Å². The van der Waals surface area contributed by atoms with Crippen LogP contribution in [0, 0.1) is 12.3 Å². The molecule has 1 heteroatoms. The fraction of sp³-hybridized carbons (Fsp3) is 0.556. The Bertz CT molecular complexity index is 174. The highest BCUT2D eigenvalue weighted by Crippen LogP contribution is 2.18. The maximum atomic E-state index is 5.71. The summed E-state index contributed by atoms with van der Waals surface area (Å²) in [5.41, 5.74) is 7.06. The van der Waals surface area contributed by atoms with Gasteiger partial charge < -0.3 is 5.73 Å². The first kappa shape index (κ1) is 7.37. The number of hydrogen-bond donors (Lipinski definition) is 1. The Balaban J connectivity index is 2.50. The third kappa shape index (κ3) is 1.89. The van der Waals surface area contributed by atoms with E-state index in [-0.39, 0.29) is 6.04 Å². The standard InChI is InChI=1S/C9H13N/c1-2-4-8-5-3-6-9(10)7-8/h1,7,9H,3-6,10H2. The molecule has 0 amide bonds. The molecule has 0 radical (unpaired) electrons. The SMILES string of the molecule is C#CCC1=CC(N)CCC1. The summed E-state index contributed by atoms with van der Waals surface area (Å²) in [6.45, 7) is 0. The third-order valence-corrected chi connectivity index (χ3v) is 1.81. The second kappa shape index (κ2) is 3.43. The smallest absolute Gasteiger partial charge is 0.0297 e. The first-order chi connectivity index (χ1) is 4.83. The summed E-state index contributed by atoms with van der Waals surface area (Å²) >= 11 is 0. The minimum atomic E-state index is 0.261. The molecule has 0 spiro atoms. The van der Waals surface area contributed by atoms with Gasteiger partial charge in [0.1, 0.15) is 0 Å². The number of rotatable bonds is 1. The van der Waals surface area contributed by atoms with E-state index in [0.717, 1.165) is 19.3 Å². The van der Waals surface area contributed by atoms with Crippen LogP contribution in [0.15, 0.2) is 11.6 Å². The Morgan fingerprint density at radius 1 is 1.80 bits per heavy atom. The molecule has 1 nitrogen and oxygen atoms in total. The second-order valence-corrected chi connectivity index (χ2v) is 2.76. The summed E-state index contributed by atoms with van der Waals surface area (Å²) in [4.78, 5) is 0. The highest BCUT2D eigenvalue weighted by atomic mass is 14.6. The van der Waals surface area contributed by atoms with Crippen LogP contribution in [-0.4, -0.2) is 6.04 Å². The molecule has 0 aromatic heterocycles. The number of nitrogens with two attached hydrogens (primary N) is 1. The molecule has 1 rings (SSSR count). The summed E-state index contributed by atoms with van der Waals surface area (Å²) in [6.07, 6.45) is 11.5. The van der Waals surface area contributed by atoms with Crippen LogP contribution in [0.25, 0.3) is 0 Å². The minimum Gasteiger partial charge on any atom is -0.324 e. The fourth-order valence-corrected chi connectivity index (χ4v) is 1.31. The Kier molecular flexibility index (Phi) is 2.53. The van der Waals surface area contributed by atoms with Crippen LogP contribution >= 0.6 is 0 Å². The number of terminal acetylenes is 1. The highest BCUT2D eigenvalue weighted by molar-refractivity contribution is 5.15. The van der Waals surface area contributed by atoms with Gasteiger partial charge in [0, 0.05) is 12.5 Å². The maximum absolute atomic E-state index is 5.71. The van der Waals surface area contributed by atoms with E-state index in [1.165, 1.54) is 12.0 Å². The monoisotopic (exact) mass is 135 g/mol. The molecule has 1 aliphatic carbocycles. The first-order valence-corrected chi connectivity index (χ1v) is 3.71. The molecule has 0 saturated heterocycles. The molecular formula is C9H13N. The van der Waals surface area contributed by atoms with Gasteiger partial charge in [0.2, 0.25) is 0 Å². The van der Waals surface area contributed by atoms with E-state index < -0.39 is 0 Å². The van der Waals surface area contributed by atoms with Gasteiger partial charge in [0.25, 0.3) is 0 Å². The molecule has 0 saturated carbocycles. The van der Waals surface area contributed by atoms with Gasteiger partial charge in [0.05, 0.1) is 0 Å². The van der Waals surface area contributed by atoms with Crippen LogP contribution in [0.2, 0.25) is 0 Å². The largest absolute Gasteiger partial charge is 0.324 e. The Hall–Kier alpha value is -0.740. The van der Waals surface area contributed by atoms with Crippen molar-refractivity contribution < 1.29 is 0 Å². The lowest BCUT2D eigenvalue weighted by Gasteiger charge is -2.15. The molecule has 0 fully saturated rings. The van der Waals surface area contributed by atoms with Crippen molar-refractivity contribution in [3.8, 4) is 12.3 Å². The molecular weight excluding hydrogens is 122 g/mol. The van der Waals surface area contributed by atoms with Crippen molar-refractivity contribution in [1.82, 2.24) is 0 Å². The third-order valence-electron chi connectivity index (χ3n) is 1.81.